The number of allylic oxidation sites excluding steroid dienone is 3. The van der Waals surface area contributed by atoms with Crippen molar-refractivity contribution in [2.45, 2.75) is 32.1 Å². The molecule has 0 unspecified atom stereocenters. The summed E-state index contributed by atoms with van der Waals surface area (Å²) in [6.07, 6.45) is 3.87. The Hall–Kier alpha value is -4.28. The maximum absolute atomic E-state index is 13.5. The Labute approximate surface area is 213 Å². The molecule has 1 aliphatic heterocycles. The van der Waals surface area contributed by atoms with Crippen molar-refractivity contribution in [3.05, 3.63) is 65.3 Å². The second-order valence-electron chi connectivity index (χ2n) is 8.19. The van der Waals surface area contributed by atoms with Gasteiger partial charge in [0.2, 0.25) is 16.0 Å². The summed E-state index contributed by atoms with van der Waals surface area (Å²) in [4.78, 5) is 12.5. The van der Waals surface area contributed by atoms with E-state index in [0.717, 1.165) is 5.56 Å². The van der Waals surface area contributed by atoms with Crippen LogP contribution in [-0.2, 0) is 14.8 Å². The predicted octanol–water partition coefficient (Wildman–Crippen LogP) is 2.72. The molecule has 0 amide bonds. The van der Waals surface area contributed by atoms with Crippen molar-refractivity contribution in [2.24, 2.45) is 4.99 Å². The van der Waals surface area contributed by atoms with E-state index in [1.165, 1.54) is 31.8 Å². The van der Waals surface area contributed by atoms with E-state index in [1.54, 1.807) is 37.5 Å². The number of sulfonamides is 1. The van der Waals surface area contributed by atoms with Gasteiger partial charge in [-0.05, 0) is 50.3 Å². The molecule has 192 valence electrons. The van der Waals surface area contributed by atoms with Gasteiger partial charge in [-0.2, -0.15) is 0 Å². The Kier molecular flexibility index (Phi) is 7.23. The van der Waals surface area contributed by atoms with E-state index in [4.69, 9.17) is 9.47 Å². The fraction of sp³-hybridized carbons (Fsp3) is 0.292. The van der Waals surface area contributed by atoms with E-state index in [-0.39, 0.29) is 34.8 Å². The number of aromatic hydroxyl groups is 1. The average Bonchev–Trinajstić information content (AvgIpc) is 3.27. The molecule has 0 bridgehead atoms. The minimum atomic E-state index is -4.15. The number of benzene rings is 1. The van der Waals surface area contributed by atoms with Crippen molar-refractivity contribution in [1.29, 1.82) is 0 Å². The van der Waals surface area contributed by atoms with Crippen molar-refractivity contribution in [2.75, 3.05) is 18.9 Å². The van der Waals surface area contributed by atoms with Gasteiger partial charge in [-0.25, -0.2) is 23.4 Å². The van der Waals surface area contributed by atoms with Crippen LogP contribution in [0.25, 0.3) is 11.3 Å². The third-order valence-corrected chi connectivity index (χ3v) is 7.25. The molecule has 1 aliphatic rings. The number of phenolic OH excluding ortho intramolecular Hbond substituents is 1. The molecule has 2 aromatic heterocycles. The third-order valence-electron chi connectivity index (χ3n) is 5.56. The van der Waals surface area contributed by atoms with Crippen molar-refractivity contribution >= 4 is 27.4 Å². The van der Waals surface area contributed by atoms with Crippen LogP contribution < -0.4 is 9.46 Å². The quantitative estimate of drug-likeness (QED) is 0.403. The van der Waals surface area contributed by atoms with Crippen LogP contribution in [0.3, 0.4) is 0 Å². The molecule has 0 spiro atoms. The summed E-state index contributed by atoms with van der Waals surface area (Å²) in [7, 11) is -1.35. The number of nitrogens with one attached hydrogen (secondary N) is 1. The lowest BCUT2D eigenvalue weighted by atomic mass is 10.2. The third kappa shape index (κ3) is 5.16. The second-order valence-corrected chi connectivity index (χ2v) is 10.2. The Bertz CT molecular complexity index is 1570. The lowest BCUT2D eigenvalue weighted by Gasteiger charge is -2.22. The molecule has 13 heteroatoms. The van der Waals surface area contributed by atoms with Crippen molar-refractivity contribution in [3.8, 4) is 17.2 Å². The van der Waals surface area contributed by atoms with Gasteiger partial charge in [0.1, 0.15) is 28.5 Å². The van der Waals surface area contributed by atoms with Gasteiger partial charge in [0, 0.05) is 31.1 Å². The van der Waals surface area contributed by atoms with Crippen LogP contribution in [0.1, 0.15) is 37.2 Å². The molecule has 0 fully saturated rings. The van der Waals surface area contributed by atoms with E-state index in [9.17, 15) is 13.5 Å². The van der Waals surface area contributed by atoms with Gasteiger partial charge in [-0.1, -0.05) is 6.07 Å². The summed E-state index contributed by atoms with van der Waals surface area (Å²) in [5, 5.41) is 17.9. The highest BCUT2D eigenvalue weighted by atomic mass is 32.2. The number of anilines is 1. The number of phenols is 1. The van der Waals surface area contributed by atoms with Crippen molar-refractivity contribution in [3.63, 3.8) is 0 Å². The van der Waals surface area contributed by atoms with Crippen LogP contribution in [-0.4, -0.2) is 63.6 Å². The van der Waals surface area contributed by atoms with Crippen LogP contribution in [0.5, 0.6) is 11.5 Å². The van der Waals surface area contributed by atoms with Crippen LogP contribution in [0, 0.1) is 6.92 Å². The highest BCUT2D eigenvalue weighted by Crippen LogP contribution is 2.37. The number of aliphatic imine (C=N–C) groups is 1. The van der Waals surface area contributed by atoms with E-state index in [2.05, 4.69) is 41.5 Å². The number of hydrogen-bond acceptors (Lipinski definition) is 10. The molecule has 4 rings (SSSR count). The van der Waals surface area contributed by atoms with Gasteiger partial charge < -0.3 is 14.6 Å². The van der Waals surface area contributed by atoms with Gasteiger partial charge in [0.25, 0.3) is 0 Å². The largest absolute Gasteiger partial charge is 0.506 e. The molecule has 3 heterocycles. The Morgan fingerprint density at radius 2 is 1.86 bits per heavy atom. The normalized spacial score (nSPS) is 14.6. The first kappa shape index (κ1) is 25.8. The molecular formula is C24H25N7O5S. The Morgan fingerprint density at radius 3 is 2.51 bits per heavy atom. The highest BCUT2D eigenvalue weighted by molar-refractivity contribution is 7.93. The molecule has 3 aromatic rings. The first-order chi connectivity index (χ1) is 17.7. The van der Waals surface area contributed by atoms with E-state index in [1.807, 2.05) is 6.92 Å². The Balaban J connectivity index is 1.83. The van der Waals surface area contributed by atoms with Crippen LogP contribution >= 0.6 is 0 Å². The molecule has 37 heavy (non-hydrogen) atoms. The maximum Gasteiger partial charge on any atom is 0.243 e. The topological polar surface area (TPSA) is 154 Å². The number of methoxy groups -OCH3 is 2. The Morgan fingerprint density at radius 1 is 1.14 bits per heavy atom. The molecule has 0 aliphatic carbocycles. The zero-order valence-corrected chi connectivity index (χ0v) is 21.6. The van der Waals surface area contributed by atoms with E-state index in [0.29, 0.717) is 11.3 Å². The predicted molar refractivity (Wildman–Crippen MR) is 136 cm³/mol. The smallest absolute Gasteiger partial charge is 0.243 e. The molecular weight excluding hydrogens is 498 g/mol. The SMILES string of the molecule is COc1cccc(O)c1-n1c(NS(=O)(=O)[C@@H](C)[C@H](OC)c2ncc(C)cn2)nnc1C1=C=C=NC(C)=C1. The van der Waals surface area contributed by atoms with Gasteiger partial charge in [0.05, 0.1) is 12.7 Å². The summed E-state index contributed by atoms with van der Waals surface area (Å²) in [6.45, 7) is 5.06. The fourth-order valence-corrected chi connectivity index (χ4v) is 4.78. The van der Waals surface area contributed by atoms with Gasteiger partial charge in [-0.3, -0.25) is 9.29 Å². The number of rotatable bonds is 9. The van der Waals surface area contributed by atoms with Crippen molar-refractivity contribution < 1.29 is 23.0 Å². The second kappa shape index (κ2) is 10.4. The molecule has 0 radical (unpaired) electrons. The zero-order chi connectivity index (χ0) is 26.7. The maximum atomic E-state index is 13.5. The minimum absolute atomic E-state index is 0.128. The number of aryl methyl sites for hydroxylation is 1. The zero-order valence-electron chi connectivity index (χ0n) is 20.8. The number of aromatic nitrogens is 5. The first-order valence-corrected chi connectivity index (χ1v) is 12.6. The van der Waals surface area contributed by atoms with Crippen LogP contribution in [0.15, 0.2) is 53.1 Å². The molecule has 1 aromatic carbocycles. The summed E-state index contributed by atoms with van der Waals surface area (Å²) < 4.78 is 41.8. The van der Waals surface area contributed by atoms with Crippen molar-refractivity contribution in [1.82, 2.24) is 24.7 Å². The average molecular weight is 524 g/mol. The summed E-state index contributed by atoms with van der Waals surface area (Å²) in [6, 6.07) is 4.64. The van der Waals surface area contributed by atoms with Gasteiger partial charge in [0.15, 0.2) is 11.6 Å². The lowest BCUT2D eigenvalue weighted by molar-refractivity contribution is 0.0949. The summed E-state index contributed by atoms with van der Waals surface area (Å²) >= 11 is 0. The number of para-hydroxylation sites is 1. The summed E-state index contributed by atoms with van der Waals surface area (Å²) in [5.41, 5.74) is 4.85. The first-order valence-electron chi connectivity index (χ1n) is 11.1. The molecule has 2 atom stereocenters. The molecule has 0 saturated carbocycles. The standard InChI is InChI=1S/C24H25N7O5S/c1-14-12-26-22(27-13-14)21(36-5)16(3)37(33,34)30-24-29-28-23(17-9-10-25-15(2)11-17)31(24)20-18(32)7-6-8-19(20)35-4/h6-8,11-13,16,21,32H,1-5H3,(H,29,30)/t16-,21-/m0/s1. The number of ether oxygens (including phenoxy) is 2. The number of hydrogen-bond donors (Lipinski definition) is 2. The fourth-order valence-electron chi connectivity index (χ4n) is 3.65. The van der Waals surface area contributed by atoms with Crippen LogP contribution in [0.2, 0.25) is 0 Å². The highest BCUT2D eigenvalue weighted by Gasteiger charge is 2.35. The lowest BCUT2D eigenvalue weighted by Crippen LogP contribution is -2.33. The van der Waals surface area contributed by atoms with Crippen LogP contribution in [0.4, 0.5) is 5.95 Å². The number of nitrogens with zero attached hydrogens (tertiary/aromatic N) is 6. The summed E-state index contributed by atoms with van der Waals surface area (Å²) in [5.74, 6) is 2.92. The van der Waals surface area contributed by atoms with Gasteiger partial charge >= 0.3 is 0 Å². The molecule has 2 N–H and O–H groups in total. The minimum Gasteiger partial charge on any atom is -0.506 e. The molecule has 12 nitrogen and oxygen atoms in total. The monoisotopic (exact) mass is 523 g/mol. The van der Waals surface area contributed by atoms with Gasteiger partial charge in [-0.15, -0.1) is 10.2 Å². The van der Waals surface area contributed by atoms with E-state index < -0.39 is 21.4 Å². The van der Waals surface area contributed by atoms with E-state index >= 15 is 0 Å². The molecule has 0 saturated heterocycles.